The van der Waals surface area contributed by atoms with Crippen LogP contribution in [0.3, 0.4) is 0 Å². The third-order valence-electron chi connectivity index (χ3n) is 3.23. The van der Waals surface area contributed by atoms with Gasteiger partial charge in [0, 0.05) is 32.2 Å². The first-order chi connectivity index (χ1) is 7.00. The third-order valence-corrected chi connectivity index (χ3v) is 5.20. The van der Waals surface area contributed by atoms with E-state index in [-0.39, 0.29) is 18.4 Å². The van der Waals surface area contributed by atoms with Crippen molar-refractivity contribution in [2.75, 3.05) is 26.2 Å². The van der Waals surface area contributed by atoms with Crippen molar-refractivity contribution in [3.05, 3.63) is 0 Å². The molecule has 2 heterocycles. The quantitative estimate of drug-likeness (QED) is 0.769. The van der Waals surface area contributed by atoms with E-state index in [1.54, 1.807) is 4.31 Å². The minimum absolute atomic E-state index is 0. The van der Waals surface area contributed by atoms with Crippen LogP contribution >= 0.6 is 12.4 Å². The van der Waals surface area contributed by atoms with Gasteiger partial charge in [0.25, 0.3) is 10.2 Å². The van der Waals surface area contributed by atoms with Gasteiger partial charge in [-0.3, -0.25) is 0 Å². The summed E-state index contributed by atoms with van der Waals surface area (Å²) >= 11 is 0. The predicted molar refractivity (Wildman–Crippen MR) is 65.7 cm³/mol. The Morgan fingerprint density at radius 3 is 2.12 bits per heavy atom. The lowest BCUT2D eigenvalue weighted by Gasteiger charge is -2.23. The first-order valence-corrected chi connectivity index (χ1v) is 6.90. The average molecular weight is 270 g/mol. The summed E-state index contributed by atoms with van der Waals surface area (Å²) in [6.45, 7) is 4.47. The molecule has 0 amide bonds. The molecule has 0 aromatic carbocycles. The highest BCUT2D eigenvalue weighted by Crippen LogP contribution is 2.23. The van der Waals surface area contributed by atoms with Gasteiger partial charge in [0.15, 0.2) is 0 Å². The van der Waals surface area contributed by atoms with Crippen molar-refractivity contribution < 1.29 is 8.42 Å². The SMILES string of the molecule is CC1CCN(S(=O)(=O)N2CC[C@@H](N)C2)C1.Cl. The summed E-state index contributed by atoms with van der Waals surface area (Å²) in [5, 5.41) is 0. The number of hydrogen-bond donors (Lipinski definition) is 1. The summed E-state index contributed by atoms with van der Waals surface area (Å²) in [6.07, 6.45) is 1.75. The molecule has 0 saturated carbocycles. The summed E-state index contributed by atoms with van der Waals surface area (Å²) < 4.78 is 27.4. The van der Waals surface area contributed by atoms with Crippen molar-refractivity contribution >= 4 is 22.6 Å². The molecular weight excluding hydrogens is 250 g/mol. The number of halogens is 1. The average Bonchev–Trinajstić information content (AvgIpc) is 2.74. The first kappa shape index (κ1) is 14.2. The molecule has 2 aliphatic rings. The molecule has 2 N–H and O–H groups in total. The van der Waals surface area contributed by atoms with E-state index in [0.29, 0.717) is 32.1 Å². The van der Waals surface area contributed by atoms with Crippen molar-refractivity contribution in [3.63, 3.8) is 0 Å². The standard InChI is InChI=1S/C9H19N3O2S.ClH/c1-8-2-4-11(6-8)15(13,14)12-5-3-9(10)7-12;/h8-9H,2-7,10H2,1H3;1H/t8?,9-;/m1./s1. The maximum absolute atomic E-state index is 12.1. The highest BCUT2D eigenvalue weighted by molar-refractivity contribution is 7.86. The molecule has 5 nitrogen and oxygen atoms in total. The molecule has 0 aromatic rings. The molecule has 2 rings (SSSR count). The molecular formula is C9H20ClN3O2S. The van der Waals surface area contributed by atoms with E-state index < -0.39 is 10.2 Å². The Morgan fingerprint density at radius 2 is 1.69 bits per heavy atom. The molecule has 7 heteroatoms. The van der Waals surface area contributed by atoms with E-state index in [1.165, 1.54) is 4.31 Å². The smallest absolute Gasteiger partial charge is 0.282 e. The summed E-state index contributed by atoms with van der Waals surface area (Å²) in [6, 6.07) is 0.0137. The van der Waals surface area contributed by atoms with Gasteiger partial charge in [-0.25, -0.2) is 0 Å². The molecule has 96 valence electrons. The fraction of sp³-hybridized carbons (Fsp3) is 1.00. The van der Waals surface area contributed by atoms with Crippen molar-refractivity contribution in [3.8, 4) is 0 Å². The van der Waals surface area contributed by atoms with Crippen LogP contribution in [0.2, 0.25) is 0 Å². The minimum atomic E-state index is -3.22. The lowest BCUT2D eigenvalue weighted by atomic mass is 10.2. The predicted octanol–water partition coefficient (Wildman–Crippen LogP) is 0.0278. The monoisotopic (exact) mass is 269 g/mol. The van der Waals surface area contributed by atoms with E-state index >= 15 is 0 Å². The van der Waals surface area contributed by atoms with E-state index in [2.05, 4.69) is 6.92 Å². The largest absolute Gasteiger partial charge is 0.326 e. The van der Waals surface area contributed by atoms with Crippen molar-refractivity contribution in [1.29, 1.82) is 0 Å². The second-order valence-corrected chi connectivity index (χ2v) is 6.59. The van der Waals surface area contributed by atoms with Crippen LogP contribution in [0.1, 0.15) is 19.8 Å². The molecule has 0 aliphatic carbocycles. The molecule has 1 unspecified atom stereocenters. The lowest BCUT2D eigenvalue weighted by Crippen LogP contribution is -2.42. The maximum atomic E-state index is 12.1. The Morgan fingerprint density at radius 1 is 1.12 bits per heavy atom. The highest BCUT2D eigenvalue weighted by atomic mass is 35.5. The van der Waals surface area contributed by atoms with Crippen LogP contribution < -0.4 is 5.73 Å². The van der Waals surface area contributed by atoms with Gasteiger partial charge in [0.2, 0.25) is 0 Å². The minimum Gasteiger partial charge on any atom is -0.326 e. The molecule has 2 aliphatic heterocycles. The Kier molecular flexibility index (Phi) is 4.59. The fourth-order valence-corrected chi connectivity index (χ4v) is 4.05. The number of nitrogens with zero attached hydrogens (tertiary/aromatic N) is 2. The summed E-state index contributed by atoms with van der Waals surface area (Å²) in [4.78, 5) is 0. The van der Waals surface area contributed by atoms with Gasteiger partial charge in [-0.1, -0.05) is 6.92 Å². The zero-order chi connectivity index (χ0) is 11.1. The van der Waals surface area contributed by atoms with Crippen LogP contribution in [-0.2, 0) is 10.2 Å². The Labute approximate surface area is 104 Å². The van der Waals surface area contributed by atoms with Crippen LogP contribution in [0.25, 0.3) is 0 Å². The first-order valence-electron chi connectivity index (χ1n) is 5.51. The Balaban J connectivity index is 0.00000128. The summed E-state index contributed by atoms with van der Waals surface area (Å²) in [7, 11) is -3.22. The van der Waals surface area contributed by atoms with Gasteiger partial charge < -0.3 is 5.73 Å². The second kappa shape index (κ2) is 5.18. The molecule has 2 fully saturated rings. The molecule has 0 radical (unpaired) electrons. The fourth-order valence-electron chi connectivity index (χ4n) is 2.23. The van der Waals surface area contributed by atoms with E-state index in [1.807, 2.05) is 0 Å². The number of hydrogen-bond acceptors (Lipinski definition) is 3. The normalized spacial score (nSPS) is 32.9. The van der Waals surface area contributed by atoms with E-state index in [9.17, 15) is 8.42 Å². The van der Waals surface area contributed by atoms with Gasteiger partial charge >= 0.3 is 0 Å². The van der Waals surface area contributed by atoms with Crippen LogP contribution in [-0.4, -0.2) is 49.2 Å². The van der Waals surface area contributed by atoms with Crippen molar-refractivity contribution in [2.45, 2.75) is 25.8 Å². The van der Waals surface area contributed by atoms with E-state index in [0.717, 1.165) is 12.8 Å². The molecule has 0 aromatic heterocycles. The number of nitrogens with two attached hydrogens (primary N) is 1. The summed E-state index contributed by atoms with van der Waals surface area (Å²) in [5.74, 6) is 0.482. The third kappa shape index (κ3) is 2.68. The van der Waals surface area contributed by atoms with Crippen molar-refractivity contribution in [2.24, 2.45) is 11.7 Å². The Bertz CT molecular complexity index is 310. The summed E-state index contributed by atoms with van der Waals surface area (Å²) in [5.41, 5.74) is 5.72. The second-order valence-electron chi connectivity index (χ2n) is 4.67. The van der Waals surface area contributed by atoms with Gasteiger partial charge in [-0.2, -0.15) is 17.0 Å². The molecule has 16 heavy (non-hydrogen) atoms. The number of rotatable bonds is 2. The molecule has 2 atom stereocenters. The van der Waals surface area contributed by atoms with Crippen molar-refractivity contribution in [1.82, 2.24) is 8.61 Å². The zero-order valence-corrected chi connectivity index (χ0v) is 11.1. The van der Waals surface area contributed by atoms with Crippen LogP contribution in [0, 0.1) is 5.92 Å². The van der Waals surface area contributed by atoms with Crippen LogP contribution in [0.15, 0.2) is 0 Å². The van der Waals surface area contributed by atoms with Crippen LogP contribution in [0.4, 0.5) is 0 Å². The van der Waals surface area contributed by atoms with Gasteiger partial charge in [-0.05, 0) is 18.8 Å². The zero-order valence-electron chi connectivity index (χ0n) is 9.50. The molecule has 2 saturated heterocycles. The topological polar surface area (TPSA) is 66.6 Å². The van der Waals surface area contributed by atoms with Gasteiger partial charge in [-0.15, -0.1) is 12.4 Å². The van der Waals surface area contributed by atoms with Gasteiger partial charge in [0.05, 0.1) is 0 Å². The molecule has 0 spiro atoms. The van der Waals surface area contributed by atoms with Crippen LogP contribution in [0.5, 0.6) is 0 Å². The van der Waals surface area contributed by atoms with Gasteiger partial charge in [0.1, 0.15) is 0 Å². The Hall–Kier alpha value is 0.120. The maximum Gasteiger partial charge on any atom is 0.282 e. The molecule has 0 bridgehead atoms. The lowest BCUT2D eigenvalue weighted by molar-refractivity contribution is 0.389. The van der Waals surface area contributed by atoms with E-state index in [4.69, 9.17) is 5.73 Å². The highest BCUT2D eigenvalue weighted by Gasteiger charge is 2.37.